The highest BCUT2D eigenvalue weighted by molar-refractivity contribution is 9.10. The van der Waals surface area contributed by atoms with Gasteiger partial charge in [0.05, 0.1) is 0 Å². The van der Waals surface area contributed by atoms with E-state index in [1.165, 1.54) is 0 Å². The molecule has 0 aliphatic heterocycles. The third kappa shape index (κ3) is 3.54. The molecule has 98 valence electrons. The quantitative estimate of drug-likeness (QED) is 0.911. The van der Waals surface area contributed by atoms with Gasteiger partial charge in [0.15, 0.2) is 0 Å². The summed E-state index contributed by atoms with van der Waals surface area (Å²) in [6, 6.07) is 11.0. The minimum atomic E-state index is -0.227. The zero-order chi connectivity index (χ0) is 13.8. The highest BCUT2D eigenvalue weighted by Crippen LogP contribution is 2.19. The second kappa shape index (κ2) is 5.84. The first kappa shape index (κ1) is 13.5. The van der Waals surface area contributed by atoms with E-state index in [0.29, 0.717) is 11.5 Å². The number of rotatable bonds is 3. The van der Waals surface area contributed by atoms with Gasteiger partial charge in [-0.25, -0.2) is 4.98 Å². The predicted molar refractivity (Wildman–Crippen MR) is 80.6 cm³/mol. The first-order valence-electron chi connectivity index (χ1n) is 5.82. The van der Waals surface area contributed by atoms with Crippen molar-refractivity contribution in [1.29, 1.82) is 0 Å². The number of carbonyl (C=O) groups is 1. The van der Waals surface area contributed by atoms with E-state index in [2.05, 4.69) is 31.5 Å². The Morgan fingerprint density at radius 1 is 1.26 bits per heavy atom. The summed E-state index contributed by atoms with van der Waals surface area (Å²) in [6.07, 6.45) is 0. The summed E-state index contributed by atoms with van der Waals surface area (Å²) in [5.74, 6) is 0.438. The number of anilines is 2. The van der Waals surface area contributed by atoms with E-state index in [1.807, 2.05) is 25.1 Å². The van der Waals surface area contributed by atoms with Crippen LogP contribution in [-0.2, 0) is 0 Å². The normalized spacial score (nSPS) is 10.1. The molecule has 1 aromatic heterocycles. The number of amides is 1. The Morgan fingerprint density at radius 2 is 2.05 bits per heavy atom. The second-order valence-corrected chi connectivity index (χ2v) is 5.05. The highest BCUT2D eigenvalue weighted by Gasteiger charge is 2.08. The fourth-order valence-corrected chi connectivity index (χ4v) is 2.31. The molecule has 1 amide bonds. The van der Waals surface area contributed by atoms with Gasteiger partial charge in [0.1, 0.15) is 11.5 Å². The lowest BCUT2D eigenvalue weighted by Crippen LogP contribution is -2.14. The van der Waals surface area contributed by atoms with E-state index in [4.69, 9.17) is 0 Å². The van der Waals surface area contributed by atoms with Crippen LogP contribution in [0.3, 0.4) is 0 Å². The maximum Gasteiger partial charge on any atom is 0.274 e. The maximum absolute atomic E-state index is 12.1. The van der Waals surface area contributed by atoms with Gasteiger partial charge < -0.3 is 10.6 Å². The van der Waals surface area contributed by atoms with Gasteiger partial charge in [0.25, 0.3) is 5.91 Å². The summed E-state index contributed by atoms with van der Waals surface area (Å²) >= 11 is 3.41. The zero-order valence-electron chi connectivity index (χ0n) is 10.7. The van der Waals surface area contributed by atoms with Crippen molar-refractivity contribution in [2.24, 2.45) is 0 Å². The maximum atomic E-state index is 12.1. The molecule has 1 aromatic carbocycles. The number of carbonyl (C=O) groups excluding carboxylic acids is 1. The van der Waals surface area contributed by atoms with Crippen molar-refractivity contribution in [1.82, 2.24) is 4.98 Å². The van der Waals surface area contributed by atoms with E-state index in [9.17, 15) is 4.79 Å². The van der Waals surface area contributed by atoms with Gasteiger partial charge in [-0.3, -0.25) is 4.79 Å². The molecule has 0 atom stereocenters. The first-order valence-corrected chi connectivity index (χ1v) is 6.61. The summed E-state index contributed by atoms with van der Waals surface area (Å²) in [5.41, 5.74) is 2.19. The summed E-state index contributed by atoms with van der Waals surface area (Å²) in [5, 5.41) is 5.74. The Morgan fingerprint density at radius 3 is 2.74 bits per heavy atom. The Balaban J connectivity index is 2.20. The average molecular weight is 320 g/mol. The molecule has 0 fully saturated rings. The molecule has 2 rings (SSSR count). The largest absolute Gasteiger partial charge is 0.373 e. The van der Waals surface area contributed by atoms with Crippen molar-refractivity contribution in [3.05, 3.63) is 52.1 Å². The molecule has 0 spiro atoms. The fourth-order valence-electron chi connectivity index (χ4n) is 1.70. The van der Waals surface area contributed by atoms with Crippen LogP contribution in [0.5, 0.6) is 0 Å². The summed E-state index contributed by atoms with van der Waals surface area (Å²) in [4.78, 5) is 16.3. The standard InChI is InChI=1S/C14H14BrN3O/c1-9-6-10(15)8-11(7-9)17-14(19)12-4-3-5-13(16-2)18-12/h3-8H,1-2H3,(H,16,18)(H,17,19). The molecular weight excluding hydrogens is 306 g/mol. The van der Waals surface area contributed by atoms with Crippen LogP contribution in [0.15, 0.2) is 40.9 Å². The molecule has 0 bridgehead atoms. The van der Waals surface area contributed by atoms with E-state index >= 15 is 0 Å². The number of nitrogens with zero attached hydrogens (tertiary/aromatic N) is 1. The van der Waals surface area contributed by atoms with Gasteiger partial charge in [0.2, 0.25) is 0 Å². The molecule has 0 saturated heterocycles. The van der Waals surface area contributed by atoms with E-state index in [0.717, 1.165) is 15.7 Å². The van der Waals surface area contributed by atoms with E-state index < -0.39 is 0 Å². The Hall–Kier alpha value is -1.88. The molecule has 19 heavy (non-hydrogen) atoms. The monoisotopic (exact) mass is 319 g/mol. The smallest absolute Gasteiger partial charge is 0.274 e. The summed E-state index contributed by atoms with van der Waals surface area (Å²) < 4.78 is 0.930. The first-order chi connectivity index (χ1) is 9.08. The van der Waals surface area contributed by atoms with E-state index in [-0.39, 0.29) is 5.91 Å². The molecule has 0 saturated carbocycles. The zero-order valence-corrected chi connectivity index (χ0v) is 12.3. The SMILES string of the molecule is CNc1cccc(C(=O)Nc2cc(C)cc(Br)c2)n1. The summed E-state index contributed by atoms with van der Waals surface area (Å²) in [6.45, 7) is 1.97. The van der Waals surface area contributed by atoms with E-state index in [1.54, 1.807) is 25.2 Å². The minimum absolute atomic E-state index is 0.227. The Kier molecular flexibility index (Phi) is 4.16. The Bertz CT molecular complexity index is 593. The molecular formula is C14H14BrN3O. The van der Waals surface area contributed by atoms with Gasteiger partial charge >= 0.3 is 0 Å². The lowest BCUT2D eigenvalue weighted by Gasteiger charge is -2.07. The number of pyridine rings is 1. The van der Waals surface area contributed by atoms with Gasteiger partial charge in [-0.05, 0) is 42.8 Å². The molecule has 0 radical (unpaired) electrons. The molecule has 2 aromatic rings. The van der Waals surface area contributed by atoms with Crippen molar-refractivity contribution in [2.45, 2.75) is 6.92 Å². The van der Waals surface area contributed by atoms with Gasteiger partial charge in [-0.2, -0.15) is 0 Å². The van der Waals surface area contributed by atoms with Gasteiger partial charge in [0, 0.05) is 17.2 Å². The lowest BCUT2D eigenvalue weighted by molar-refractivity contribution is 0.102. The third-order valence-electron chi connectivity index (χ3n) is 2.54. The molecule has 4 nitrogen and oxygen atoms in total. The van der Waals surface area contributed by atoms with Crippen molar-refractivity contribution in [3.8, 4) is 0 Å². The number of nitrogens with one attached hydrogen (secondary N) is 2. The Labute approximate surface area is 120 Å². The van der Waals surface area contributed by atoms with Crippen molar-refractivity contribution < 1.29 is 4.79 Å². The van der Waals surface area contributed by atoms with Crippen molar-refractivity contribution in [3.63, 3.8) is 0 Å². The highest BCUT2D eigenvalue weighted by atomic mass is 79.9. The van der Waals surface area contributed by atoms with Crippen LogP contribution >= 0.6 is 15.9 Å². The van der Waals surface area contributed by atoms with Crippen LogP contribution in [0.2, 0.25) is 0 Å². The average Bonchev–Trinajstić information content (AvgIpc) is 2.37. The van der Waals surface area contributed by atoms with Crippen molar-refractivity contribution in [2.75, 3.05) is 17.7 Å². The van der Waals surface area contributed by atoms with Crippen LogP contribution in [0.25, 0.3) is 0 Å². The molecule has 5 heteroatoms. The van der Waals surface area contributed by atoms with Crippen LogP contribution < -0.4 is 10.6 Å². The van der Waals surface area contributed by atoms with Crippen LogP contribution in [0, 0.1) is 6.92 Å². The molecule has 0 unspecified atom stereocenters. The number of halogens is 1. The molecule has 0 aliphatic rings. The topological polar surface area (TPSA) is 54.0 Å². The number of benzene rings is 1. The second-order valence-electron chi connectivity index (χ2n) is 4.13. The molecule has 1 heterocycles. The fraction of sp³-hybridized carbons (Fsp3) is 0.143. The van der Waals surface area contributed by atoms with Crippen LogP contribution in [0.1, 0.15) is 16.1 Å². The van der Waals surface area contributed by atoms with Gasteiger partial charge in [-0.15, -0.1) is 0 Å². The molecule has 0 aliphatic carbocycles. The summed E-state index contributed by atoms with van der Waals surface area (Å²) in [7, 11) is 1.77. The van der Waals surface area contributed by atoms with Crippen molar-refractivity contribution >= 4 is 33.3 Å². The van der Waals surface area contributed by atoms with Crippen LogP contribution in [0.4, 0.5) is 11.5 Å². The number of aryl methyl sites for hydroxylation is 1. The van der Waals surface area contributed by atoms with Crippen LogP contribution in [-0.4, -0.2) is 17.9 Å². The third-order valence-corrected chi connectivity index (χ3v) is 3.00. The number of hydrogen-bond acceptors (Lipinski definition) is 3. The number of hydrogen-bond donors (Lipinski definition) is 2. The van der Waals surface area contributed by atoms with Gasteiger partial charge in [-0.1, -0.05) is 22.0 Å². The molecule has 2 N–H and O–H groups in total. The predicted octanol–water partition coefficient (Wildman–Crippen LogP) is 3.45. The number of aromatic nitrogens is 1. The lowest BCUT2D eigenvalue weighted by atomic mass is 10.2. The minimum Gasteiger partial charge on any atom is -0.373 e.